The zero-order valence-electron chi connectivity index (χ0n) is 13.5. The lowest BCUT2D eigenvalue weighted by molar-refractivity contribution is -0.132. The van der Waals surface area contributed by atoms with Gasteiger partial charge in [0.25, 0.3) is 5.91 Å². The second-order valence-electron chi connectivity index (χ2n) is 5.37. The highest BCUT2D eigenvalue weighted by Gasteiger charge is 2.16. The highest BCUT2D eigenvalue weighted by molar-refractivity contribution is 6.30. The number of benzene rings is 2. The van der Waals surface area contributed by atoms with Gasteiger partial charge in [-0.25, -0.2) is 0 Å². The first-order valence-electron chi connectivity index (χ1n) is 7.51. The second kappa shape index (κ2) is 8.36. The Morgan fingerprint density at radius 3 is 2.50 bits per heavy atom. The Balaban J connectivity index is 1.82. The van der Waals surface area contributed by atoms with Gasteiger partial charge < -0.3 is 4.74 Å². The lowest BCUT2D eigenvalue weighted by Gasteiger charge is -2.16. The van der Waals surface area contributed by atoms with E-state index in [1.54, 1.807) is 25.1 Å². The van der Waals surface area contributed by atoms with Gasteiger partial charge in [0.15, 0.2) is 6.10 Å². The number of ether oxygens (including phenoxy) is 1. The maximum atomic E-state index is 12.0. The second-order valence-corrected chi connectivity index (χ2v) is 5.81. The number of hydrazine groups is 1. The molecular formula is C18H19ClN2O3. The molecule has 24 heavy (non-hydrogen) atoms. The SMILES string of the molecule is Cc1cc(Cl)ccc1OC(C)C(=O)NNC(=O)Cc1ccccc1. The number of aryl methyl sites for hydroxylation is 1. The van der Waals surface area contributed by atoms with Crippen molar-refractivity contribution in [1.29, 1.82) is 0 Å². The van der Waals surface area contributed by atoms with Crippen molar-refractivity contribution in [3.8, 4) is 5.75 Å². The average Bonchev–Trinajstić information content (AvgIpc) is 2.56. The van der Waals surface area contributed by atoms with Crippen molar-refractivity contribution in [2.45, 2.75) is 26.4 Å². The predicted octanol–water partition coefficient (Wildman–Crippen LogP) is 2.81. The van der Waals surface area contributed by atoms with E-state index in [1.807, 2.05) is 37.3 Å². The van der Waals surface area contributed by atoms with Gasteiger partial charge in [0.1, 0.15) is 5.75 Å². The molecule has 0 heterocycles. The van der Waals surface area contributed by atoms with Gasteiger partial charge in [0.2, 0.25) is 5.91 Å². The van der Waals surface area contributed by atoms with Gasteiger partial charge in [0.05, 0.1) is 6.42 Å². The lowest BCUT2D eigenvalue weighted by Crippen LogP contribution is -2.47. The quantitative estimate of drug-likeness (QED) is 0.818. The monoisotopic (exact) mass is 346 g/mol. The Kier molecular flexibility index (Phi) is 6.21. The zero-order chi connectivity index (χ0) is 17.5. The summed E-state index contributed by atoms with van der Waals surface area (Å²) >= 11 is 5.88. The highest BCUT2D eigenvalue weighted by Crippen LogP contribution is 2.22. The number of halogens is 1. The van der Waals surface area contributed by atoms with Crippen LogP contribution >= 0.6 is 11.6 Å². The Morgan fingerprint density at radius 1 is 1.12 bits per heavy atom. The van der Waals surface area contributed by atoms with Crippen molar-refractivity contribution in [1.82, 2.24) is 10.9 Å². The minimum atomic E-state index is -0.762. The smallest absolute Gasteiger partial charge is 0.279 e. The third kappa shape index (κ3) is 5.28. The van der Waals surface area contributed by atoms with Crippen LogP contribution in [0.2, 0.25) is 5.02 Å². The highest BCUT2D eigenvalue weighted by atomic mass is 35.5. The fraction of sp³-hybridized carbons (Fsp3) is 0.222. The Labute approximate surface area is 145 Å². The molecule has 0 fully saturated rings. The summed E-state index contributed by atoms with van der Waals surface area (Å²) in [7, 11) is 0. The first-order valence-corrected chi connectivity index (χ1v) is 7.89. The molecule has 1 atom stereocenters. The van der Waals surface area contributed by atoms with E-state index < -0.39 is 12.0 Å². The topological polar surface area (TPSA) is 67.4 Å². The third-order valence-electron chi connectivity index (χ3n) is 3.34. The molecule has 5 nitrogen and oxygen atoms in total. The molecule has 1 unspecified atom stereocenters. The van der Waals surface area contributed by atoms with Crippen molar-refractivity contribution in [3.63, 3.8) is 0 Å². The first kappa shape index (κ1) is 17.8. The van der Waals surface area contributed by atoms with E-state index in [2.05, 4.69) is 10.9 Å². The molecule has 0 aliphatic carbocycles. The molecule has 126 valence electrons. The van der Waals surface area contributed by atoms with Crippen LogP contribution in [0.15, 0.2) is 48.5 Å². The van der Waals surface area contributed by atoms with Crippen LogP contribution in [0.3, 0.4) is 0 Å². The number of carbonyl (C=O) groups excluding carboxylic acids is 2. The minimum Gasteiger partial charge on any atom is -0.481 e. The van der Waals surface area contributed by atoms with Crippen LogP contribution in [0.4, 0.5) is 0 Å². The van der Waals surface area contributed by atoms with Crippen LogP contribution in [0.1, 0.15) is 18.1 Å². The molecule has 0 aliphatic heterocycles. The fourth-order valence-electron chi connectivity index (χ4n) is 2.05. The molecule has 0 saturated carbocycles. The molecule has 2 N–H and O–H groups in total. The molecule has 0 aliphatic rings. The summed E-state index contributed by atoms with van der Waals surface area (Å²) < 4.78 is 5.59. The van der Waals surface area contributed by atoms with E-state index in [0.29, 0.717) is 10.8 Å². The lowest BCUT2D eigenvalue weighted by atomic mass is 10.1. The van der Waals surface area contributed by atoms with Gasteiger partial charge >= 0.3 is 0 Å². The summed E-state index contributed by atoms with van der Waals surface area (Å²) in [5.41, 5.74) is 6.44. The van der Waals surface area contributed by atoms with Crippen LogP contribution in [0.25, 0.3) is 0 Å². The summed E-state index contributed by atoms with van der Waals surface area (Å²) in [5, 5.41) is 0.602. The molecular weight excluding hydrogens is 328 g/mol. The largest absolute Gasteiger partial charge is 0.481 e. The van der Waals surface area contributed by atoms with Crippen LogP contribution < -0.4 is 15.6 Å². The molecule has 2 rings (SSSR count). The molecule has 0 bridgehead atoms. The first-order chi connectivity index (χ1) is 11.5. The van der Waals surface area contributed by atoms with Crippen molar-refractivity contribution < 1.29 is 14.3 Å². The van der Waals surface area contributed by atoms with Gasteiger partial charge in [-0.2, -0.15) is 0 Å². The number of hydrogen-bond donors (Lipinski definition) is 2. The van der Waals surface area contributed by atoms with E-state index in [0.717, 1.165) is 11.1 Å². The van der Waals surface area contributed by atoms with Gasteiger partial charge in [-0.05, 0) is 43.2 Å². The van der Waals surface area contributed by atoms with E-state index in [1.165, 1.54) is 0 Å². The average molecular weight is 347 g/mol. The fourth-order valence-corrected chi connectivity index (χ4v) is 2.27. The third-order valence-corrected chi connectivity index (χ3v) is 3.58. The van der Waals surface area contributed by atoms with Crippen LogP contribution in [0, 0.1) is 6.92 Å². The van der Waals surface area contributed by atoms with Crippen LogP contribution in [0.5, 0.6) is 5.75 Å². The van der Waals surface area contributed by atoms with Gasteiger partial charge in [-0.3, -0.25) is 20.4 Å². The standard InChI is InChI=1S/C18H19ClN2O3/c1-12-10-15(19)8-9-16(12)24-13(2)18(23)21-20-17(22)11-14-6-4-3-5-7-14/h3-10,13H,11H2,1-2H3,(H,20,22)(H,21,23). The van der Waals surface area contributed by atoms with E-state index >= 15 is 0 Å². The number of hydrogen-bond acceptors (Lipinski definition) is 3. The Hall–Kier alpha value is -2.53. The Bertz CT molecular complexity index is 719. The summed E-state index contributed by atoms with van der Waals surface area (Å²) in [5.74, 6) is -0.173. The maximum Gasteiger partial charge on any atom is 0.279 e. The Morgan fingerprint density at radius 2 is 1.83 bits per heavy atom. The van der Waals surface area contributed by atoms with Crippen molar-refractivity contribution >= 4 is 23.4 Å². The molecule has 6 heteroatoms. The maximum absolute atomic E-state index is 12.0. The van der Waals surface area contributed by atoms with Gasteiger partial charge in [-0.1, -0.05) is 41.9 Å². The number of nitrogens with one attached hydrogen (secondary N) is 2. The summed E-state index contributed by atoms with van der Waals surface area (Å²) in [4.78, 5) is 23.8. The number of carbonyl (C=O) groups is 2. The molecule has 0 spiro atoms. The zero-order valence-corrected chi connectivity index (χ0v) is 14.3. The number of amides is 2. The van der Waals surface area contributed by atoms with E-state index in [9.17, 15) is 9.59 Å². The molecule has 0 saturated heterocycles. The van der Waals surface area contributed by atoms with Crippen molar-refractivity contribution in [2.75, 3.05) is 0 Å². The predicted molar refractivity (Wildman–Crippen MR) is 92.7 cm³/mol. The summed E-state index contributed by atoms with van der Waals surface area (Å²) in [6, 6.07) is 14.4. The van der Waals surface area contributed by atoms with E-state index in [-0.39, 0.29) is 12.3 Å². The van der Waals surface area contributed by atoms with E-state index in [4.69, 9.17) is 16.3 Å². The van der Waals surface area contributed by atoms with Crippen molar-refractivity contribution in [2.24, 2.45) is 0 Å². The molecule has 2 aromatic carbocycles. The van der Waals surface area contributed by atoms with Crippen LogP contribution in [-0.2, 0) is 16.0 Å². The number of rotatable bonds is 5. The molecule has 2 amide bonds. The normalized spacial score (nSPS) is 11.5. The summed E-state index contributed by atoms with van der Waals surface area (Å²) in [6.45, 7) is 3.44. The van der Waals surface area contributed by atoms with Gasteiger partial charge in [-0.15, -0.1) is 0 Å². The van der Waals surface area contributed by atoms with Crippen LogP contribution in [-0.4, -0.2) is 17.9 Å². The summed E-state index contributed by atoms with van der Waals surface area (Å²) in [6.07, 6.45) is -0.575. The molecule has 2 aromatic rings. The van der Waals surface area contributed by atoms with Crippen molar-refractivity contribution in [3.05, 3.63) is 64.7 Å². The van der Waals surface area contributed by atoms with Gasteiger partial charge in [0, 0.05) is 5.02 Å². The minimum absolute atomic E-state index is 0.187. The molecule has 0 aromatic heterocycles. The molecule has 0 radical (unpaired) electrons.